The lowest BCUT2D eigenvalue weighted by Crippen LogP contribution is -2.38. The van der Waals surface area contributed by atoms with E-state index in [4.69, 9.17) is 5.10 Å². The first kappa shape index (κ1) is 19.4. The molecule has 1 aromatic heterocycles. The lowest BCUT2D eigenvalue weighted by atomic mass is 10.00. The Morgan fingerprint density at radius 3 is 2.31 bits per heavy atom. The third kappa shape index (κ3) is 4.74. The molecule has 2 aromatic carbocycles. The molecule has 4 rings (SSSR count). The summed E-state index contributed by atoms with van der Waals surface area (Å²) in [6.45, 7) is 0.414. The highest BCUT2D eigenvalue weighted by atomic mass is 16.4. The molecule has 0 saturated heterocycles. The molecule has 5 nitrogen and oxygen atoms in total. The number of nitrogens with zero attached hydrogens (tertiary/aromatic N) is 2. The van der Waals surface area contributed by atoms with Crippen molar-refractivity contribution in [3.8, 4) is 5.69 Å². The van der Waals surface area contributed by atoms with E-state index in [0.717, 1.165) is 28.4 Å². The molecular weight excluding hydrogens is 362 g/mol. The molecule has 5 radical (unpaired) electrons. The van der Waals surface area contributed by atoms with Crippen LogP contribution in [0.2, 0.25) is 0 Å². The summed E-state index contributed by atoms with van der Waals surface area (Å²) in [7, 11) is 0. The molecule has 145 valence electrons. The van der Waals surface area contributed by atoms with Crippen molar-refractivity contribution >= 4 is 5.97 Å². The van der Waals surface area contributed by atoms with Gasteiger partial charge in [0.05, 0.1) is 11.4 Å². The van der Waals surface area contributed by atoms with Gasteiger partial charge in [0.2, 0.25) is 0 Å². The summed E-state index contributed by atoms with van der Waals surface area (Å²) in [5.41, 5.74) is 3.77. The van der Waals surface area contributed by atoms with Gasteiger partial charge in [-0.1, -0.05) is 48.5 Å². The first-order chi connectivity index (χ1) is 14.2. The Labute approximate surface area is 171 Å². The van der Waals surface area contributed by atoms with Crippen LogP contribution in [0, 0.1) is 31.6 Å². The highest BCUT2D eigenvalue weighted by Crippen LogP contribution is 2.31. The van der Waals surface area contributed by atoms with Crippen LogP contribution < -0.4 is 5.32 Å². The number of carbonyl (C=O) groups is 1. The molecule has 1 aliphatic carbocycles. The smallest absolute Gasteiger partial charge is 0.321 e. The van der Waals surface area contributed by atoms with E-state index in [0.29, 0.717) is 13.0 Å². The Bertz CT molecular complexity index is 931. The van der Waals surface area contributed by atoms with Crippen LogP contribution in [-0.4, -0.2) is 26.9 Å². The molecule has 0 bridgehead atoms. The SMILES string of the molecule is O=C(O)[C@H](Cc1ccccc1)NCc1cn(-c2ccccc2)nc1[C]1[CH][CH][CH][CH]1. The number of rotatable bonds is 8. The molecule has 1 saturated carbocycles. The van der Waals surface area contributed by atoms with E-state index in [1.807, 2.05) is 97.2 Å². The number of carboxylic acid groups (broad SMARTS) is 1. The monoisotopic (exact) mass is 384 g/mol. The lowest BCUT2D eigenvalue weighted by molar-refractivity contribution is -0.139. The van der Waals surface area contributed by atoms with Crippen LogP contribution in [0.1, 0.15) is 16.8 Å². The van der Waals surface area contributed by atoms with Gasteiger partial charge < -0.3 is 5.11 Å². The van der Waals surface area contributed by atoms with E-state index < -0.39 is 12.0 Å². The van der Waals surface area contributed by atoms with Crippen molar-refractivity contribution in [1.29, 1.82) is 0 Å². The molecule has 1 heterocycles. The average molecular weight is 384 g/mol. The molecule has 1 aliphatic rings. The van der Waals surface area contributed by atoms with Crippen LogP contribution in [0.15, 0.2) is 66.9 Å². The zero-order valence-corrected chi connectivity index (χ0v) is 15.9. The molecule has 5 heteroatoms. The first-order valence-electron chi connectivity index (χ1n) is 9.57. The predicted octanol–water partition coefficient (Wildman–Crippen LogP) is 3.41. The minimum absolute atomic E-state index is 0.414. The fraction of sp³-hybridized carbons (Fsp3) is 0.125. The summed E-state index contributed by atoms with van der Waals surface area (Å²) in [6, 6.07) is 18.9. The van der Waals surface area contributed by atoms with Crippen LogP contribution >= 0.6 is 0 Å². The normalized spacial score (nSPS) is 15.4. The molecular formula is C24H22N3O2. The van der Waals surface area contributed by atoms with Crippen molar-refractivity contribution in [2.45, 2.75) is 19.0 Å². The maximum absolute atomic E-state index is 11.8. The zero-order valence-electron chi connectivity index (χ0n) is 15.9. The quantitative estimate of drug-likeness (QED) is 0.625. The van der Waals surface area contributed by atoms with Crippen LogP contribution in [0.3, 0.4) is 0 Å². The summed E-state index contributed by atoms with van der Waals surface area (Å²) in [5, 5.41) is 17.6. The summed E-state index contributed by atoms with van der Waals surface area (Å²) < 4.78 is 1.84. The van der Waals surface area contributed by atoms with Gasteiger partial charge in [0.25, 0.3) is 0 Å². The van der Waals surface area contributed by atoms with Gasteiger partial charge in [0, 0.05) is 24.2 Å². The largest absolute Gasteiger partial charge is 0.480 e. The third-order valence-corrected chi connectivity index (χ3v) is 4.87. The Kier molecular flexibility index (Phi) is 6.06. The van der Waals surface area contributed by atoms with E-state index in [1.54, 1.807) is 0 Å². The summed E-state index contributed by atoms with van der Waals surface area (Å²) in [5.74, 6) is 0.158. The maximum Gasteiger partial charge on any atom is 0.321 e. The molecule has 1 atom stereocenters. The molecule has 29 heavy (non-hydrogen) atoms. The van der Waals surface area contributed by atoms with Gasteiger partial charge in [0.15, 0.2) is 0 Å². The second kappa shape index (κ2) is 9.05. The minimum Gasteiger partial charge on any atom is -0.480 e. The highest BCUT2D eigenvalue weighted by Gasteiger charge is 2.26. The van der Waals surface area contributed by atoms with Crippen molar-refractivity contribution in [2.24, 2.45) is 0 Å². The number of aromatic nitrogens is 2. The van der Waals surface area contributed by atoms with E-state index in [9.17, 15) is 9.90 Å². The molecule has 0 aliphatic heterocycles. The van der Waals surface area contributed by atoms with Crippen molar-refractivity contribution in [3.63, 3.8) is 0 Å². The van der Waals surface area contributed by atoms with Gasteiger partial charge >= 0.3 is 5.97 Å². The Hall–Kier alpha value is -2.92. The number of aliphatic carboxylic acids is 1. The van der Waals surface area contributed by atoms with E-state index in [1.165, 1.54) is 0 Å². The van der Waals surface area contributed by atoms with Crippen LogP contribution in [0.5, 0.6) is 0 Å². The van der Waals surface area contributed by atoms with Crippen LogP contribution in [0.4, 0.5) is 0 Å². The topological polar surface area (TPSA) is 67.2 Å². The van der Waals surface area contributed by atoms with Gasteiger partial charge in [-0.05, 0) is 49.8 Å². The molecule has 0 unspecified atom stereocenters. The average Bonchev–Trinajstić information content (AvgIpc) is 3.42. The number of hydrogen-bond donors (Lipinski definition) is 2. The number of carboxylic acids is 1. The minimum atomic E-state index is -0.862. The highest BCUT2D eigenvalue weighted by molar-refractivity contribution is 5.74. The van der Waals surface area contributed by atoms with E-state index in [-0.39, 0.29) is 0 Å². The molecule has 0 amide bonds. The van der Waals surface area contributed by atoms with Gasteiger partial charge in [-0.15, -0.1) is 0 Å². The Morgan fingerprint density at radius 1 is 1.00 bits per heavy atom. The number of hydrogen-bond acceptors (Lipinski definition) is 3. The van der Waals surface area contributed by atoms with Crippen molar-refractivity contribution in [3.05, 3.63) is 115 Å². The van der Waals surface area contributed by atoms with Crippen LogP contribution in [0.25, 0.3) is 5.69 Å². The number of benzene rings is 2. The van der Waals surface area contributed by atoms with Crippen molar-refractivity contribution in [2.75, 3.05) is 0 Å². The van der Waals surface area contributed by atoms with Crippen molar-refractivity contribution < 1.29 is 9.90 Å². The fourth-order valence-electron chi connectivity index (χ4n) is 3.36. The first-order valence-corrected chi connectivity index (χ1v) is 9.57. The summed E-state index contributed by atoms with van der Waals surface area (Å²) >= 11 is 0. The zero-order chi connectivity index (χ0) is 20.1. The predicted molar refractivity (Wildman–Crippen MR) is 112 cm³/mol. The summed E-state index contributed by atoms with van der Waals surface area (Å²) in [4.78, 5) is 11.8. The second-order valence-corrected chi connectivity index (χ2v) is 6.92. The standard InChI is InChI=1S/C24H22N3O2/c28-24(29)22(15-18-9-3-1-4-10-18)25-16-20-17-27(21-13-5-2-6-14-21)26-23(20)19-11-7-8-12-19/h1-14,17,22,25H,15-16H2,(H,28,29)/t22-/m0/s1. The second-order valence-electron chi connectivity index (χ2n) is 6.92. The van der Waals surface area contributed by atoms with E-state index in [2.05, 4.69) is 5.32 Å². The summed E-state index contributed by atoms with van der Waals surface area (Å²) in [6.07, 6.45) is 10.4. The molecule has 0 spiro atoms. The van der Waals surface area contributed by atoms with Crippen LogP contribution in [-0.2, 0) is 17.8 Å². The molecule has 1 fully saturated rings. The lowest BCUT2D eigenvalue weighted by Gasteiger charge is -2.15. The Morgan fingerprint density at radius 2 is 1.66 bits per heavy atom. The number of nitrogens with one attached hydrogen (secondary N) is 1. The van der Waals surface area contributed by atoms with Gasteiger partial charge in [-0.25, -0.2) is 4.68 Å². The maximum atomic E-state index is 11.8. The van der Waals surface area contributed by atoms with E-state index >= 15 is 0 Å². The van der Waals surface area contributed by atoms with Gasteiger partial charge in [0.1, 0.15) is 6.04 Å². The van der Waals surface area contributed by atoms with Gasteiger partial charge in [-0.3, -0.25) is 10.1 Å². The number of para-hydroxylation sites is 1. The molecule has 2 N–H and O–H groups in total. The Balaban J connectivity index is 1.54. The molecule has 3 aromatic rings. The fourth-order valence-corrected chi connectivity index (χ4v) is 3.36. The van der Waals surface area contributed by atoms with Gasteiger partial charge in [-0.2, -0.15) is 5.10 Å². The third-order valence-electron chi connectivity index (χ3n) is 4.87. The van der Waals surface area contributed by atoms with Crippen molar-refractivity contribution in [1.82, 2.24) is 15.1 Å².